The van der Waals surface area contributed by atoms with Gasteiger partial charge in [-0.25, -0.2) is 0 Å². The summed E-state index contributed by atoms with van der Waals surface area (Å²) >= 11 is -0.269. The zero-order valence-corrected chi connectivity index (χ0v) is 15.0. The van der Waals surface area contributed by atoms with Crippen molar-refractivity contribution < 1.29 is 17.1 Å². The van der Waals surface area contributed by atoms with Crippen molar-refractivity contribution in [1.82, 2.24) is 19.7 Å². The first-order chi connectivity index (χ1) is 12.9. The lowest BCUT2D eigenvalue weighted by atomic mass is 10.1. The van der Waals surface area contributed by atoms with Crippen molar-refractivity contribution >= 4 is 17.8 Å². The number of hydrogen-bond donors (Lipinski definition) is 1. The lowest BCUT2D eigenvalue weighted by molar-refractivity contribution is -0.138. The fourth-order valence-corrected chi connectivity index (χ4v) is 2.78. The maximum absolute atomic E-state index is 13.2. The Labute approximate surface area is 157 Å². The van der Waals surface area contributed by atoms with E-state index in [0.717, 1.165) is 23.7 Å². The van der Waals surface area contributed by atoms with Crippen LogP contribution in [-0.4, -0.2) is 19.7 Å². The van der Waals surface area contributed by atoms with Crippen LogP contribution in [0.1, 0.15) is 22.6 Å². The van der Waals surface area contributed by atoms with E-state index in [9.17, 15) is 17.1 Å². The minimum Gasteiger partial charge on any atom is -0.379 e. The van der Waals surface area contributed by atoms with E-state index in [-0.39, 0.29) is 29.3 Å². The van der Waals surface area contributed by atoms with Crippen LogP contribution in [0.4, 0.5) is 22.7 Å². The lowest BCUT2D eigenvalue weighted by Gasteiger charge is -2.14. The van der Waals surface area contributed by atoms with Crippen molar-refractivity contribution in [2.24, 2.45) is 7.05 Å². The van der Waals surface area contributed by atoms with Gasteiger partial charge in [-0.05, 0) is 23.8 Å². The molecule has 10 heteroatoms. The minimum atomic E-state index is -4.61. The molecule has 5 nitrogen and oxygen atoms in total. The smallest absolute Gasteiger partial charge is 0.379 e. The number of halogens is 4. The summed E-state index contributed by atoms with van der Waals surface area (Å²) in [6.45, 7) is -0.139. The fraction of sp³-hybridized carbons (Fsp3) is 0.235. The molecule has 0 aliphatic heterocycles. The van der Waals surface area contributed by atoms with Gasteiger partial charge in [-0.2, -0.15) is 17.1 Å². The van der Waals surface area contributed by atoms with Crippen LogP contribution in [0.5, 0.6) is 0 Å². The normalized spacial score (nSPS) is 11.6. The molecule has 0 atom stereocenters. The van der Waals surface area contributed by atoms with Crippen LogP contribution in [0, 0.1) is 0 Å². The topological polar surface area (TPSA) is 55.6 Å². The zero-order chi connectivity index (χ0) is 19.4. The number of anilines is 1. The third-order valence-electron chi connectivity index (χ3n) is 3.89. The number of nitrogens with zero attached hydrogens (tertiary/aromatic N) is 4. The van der Waals surface area contributed by atoms with Gasteiger partial charge in [0, 0.05) is 25.4 Å². The molecule has 0 fully saturated rings. The molecule has 1 N–H and O–H groups in total. The first kappa shape index (κ1) is 19.2. The van der Waals surface area contributed by atoms with Crippen LogP contribution in [0.3, 0.4) is 0 Å². The Hall–Kier alpha value is -2.62. The molecule has 1 aromatic carbocycles. The highest BCUT2D eigenvalue weighted by Gasteiger charge is 2.34. The number of alkyl halides is 3. The molecule has 27 heavy (non-hydrogen) atoms. The number of aromatic nitrogens is 4. The molecule has 0 bridgehead atoms. The molecule has 0 saturated carbocycles. The summed E-state index contributed by atoms with van der Waals surface area (Å²) < 4.78 is 54.0. The van der Waals surface area contributed by atoms with Crippen molar-refractivity contribution in [1.29, 1.82) is 0 Å². The molecule has 0 radical (unpaired) electrons. The first-order valence-electron chi connectivity index (χ1n) is 7.87. The highest BCUT2D eigenvalue weighted by atomic mass is 32.2. The molecule has 3 aromatic rings. The number of aryl methyl sites for hydroxylation is 1. The van der Waals surface area contributed by atoms with E-state index >= 15 is 0 Å². The Morgan fingerprint density at radius 2 is 2.04 bits per heavy atom. The van der Waals surface area contributed by atoms with Crippen LogP contribution < -0.4 is 5.32 Å². The Morgan fingerprint density at radius 3 is 2.70 bits per heavy atom. The average Bonchev–Trinajstić information content (AvgIpc) is 3.04. The summed E-state index contributed by atoms with van der Waals surface area (Å²) in [7, 11) is 1.83. The SMILES string of the molecule is Cn1cnnc1Cc1cccc(NCc2ncc(SF)cc2C(F)(F)F)c1. The number of nitrogens with one attached hydrogen (secondary N) is 1. The summed E-state index contributed by atoms with van der Waals surface area (Å²) in [5, 5.41) is 10.8. The fourth-order valence-electron chi connectivity index (χ4n) is 2.53. The molecular weight excluding hydrogens is 382 g/mol. The lowest BCUT2D eigenvalue weighted by Crippen LogP contribution is -2.14. The molecule has 0 aliphatic rings. The van der Waals surface area contributed by atoms with Gasteiger partial charge in [0.1, 0.15) is 12.2 Å². The molecule has 142 valence electrons. The second-order valence-electron chi connectivity index (χ2n) is 5.83. The standard InChI is InChI=1S/C17H15F4N5S/c1-26-10-24-25-16(26)6-11-3-2-4-12(5-11)22-9-15-14(17(18,19)20)7-13(27-21)8-23-15/h2-5,7-8,10,22H,6,9H2,1H3. The molecule has 0 aliphatic carbocycles. The van der Waals surface area contributed by atoms with Gasteiger partial charge in [-0.1, -0.05) is 12.1 Å². The van der Waals surface area contributed by atoms with Gasteiger partial charge < -0.3 is 9.88 Å². The quantitative estimate of drug-likeness (QED) is 0.625. The Balaban J connectivity index is 1.75. The monoisotopic (exact) mass is 397 g/mol. The first-order valence-corrected chi connectivity index (χ1v) is 8.59. The highest BCUT2D eigenvalue weighted by molar-refractivity contribution is 7.94. The van der Waals surface area contributed by atoms with E-state index in [1.54, 1.807) is 23.0 Å². The van der Waals surface area contributed by atoms with Gasteiger partial charge in [-0.3, -0.25) is 4.98 Å². The number of hydrogen-bond acceptors (Lipinski definition) is 5. The zero-order valence-electron chi connectivity index (χ0n) is 14.2. The predicted octanol–water partition coefficient (Wildman–Crippen LogP) is 4.41. The molecule has 2 aromatic heterocycles. The molecule has 0 spiro atoms. The van der Waals surface area contributed by atoms with E-state index in [1.807, 2.05) is 19.2 Å². The summed E-state index contributed by atoms with van der Waals surface area (Å²) in [5.74, 6) is 0.771. The van der Waals surface area contributed by atoms with Crippen LogP contribution >= 0.6 is 12.1 Å². The third-order valence-corrected chi connectivity index (χ3v) is 4.30. The molecule has 0 amide bonds. The number of pyridine rings is 1. The summed E-state index contributed by atoms with van der Waals surface area (Å²) in [6, 6.07) is 8.04. The molecule has 0 saturated heterocycles. The molecule has 3 rings (SSSR count). The summed E-state index contributed by atoms with van der Waals surface area (Å²) in [4.78, 5) is 3.58. The van der Waals surface area contributed by atoms with Crippen molar-refractivity contribution in [3.8, 4) is 0 Å². The van der Waals surface area contributed by atoms with E-state index in [0.29, 0.717) is 12.1 Å². The largest absolute Gasteiger partial charge is 0.418 e. The van der Waals surface area contributed by atoms with E-state index in [1.165, 1.54) is 0 Å². The van der Waals surface area contributed by atoms with Gasteiger partial charge >= 0.3 is 6.18 Å². The molecule has 0 unspecified atom stereocenters. The molecular formula is C17H15F4N5S. The Kier molecular flexibility index (Phi) is 5.64. The van der Waals surface area contributed by atoms with Crippen LogP contribution in [0.2, 0.25) is 0 Å². The minimum absolute atomic E-state index is 0.139. The van der Waals surface area contributed by atoms with Crippen molar-refractivity contribution in [2.75, 3.05) is 5.32 Å². The maximum Gasteiger partial charge on any atom is 0.418 e. The third kappa shape index (κ3) is 4.76. The second-order valence-corrected chi connectivity index (χ2v) is 6.45. The highest BCUT2D eigenvalue weighted by Crippen LogP contribution is 2.34. The van der Waals surface area contributed by atoms with Gasteiger partial charge in [0.25, 0.3) is 0 Å². The maximum atomic E-state index is 13.2. The predicted molar refractivity (Wildman–Crippen MR) is 93.8 cm³/mol. The van der Waals surface area contributed by atoms with Crippen molar-refractivity contribution in [3.63, 3.8) is 0 Å². The second kappa shape index (κ2) is 7.95. The molecule has 2 heterocycles. The van der Waals surface area contributed by atoms with E-state index in [2.05, 4.69) is 20.5 Å². The van der Waals surface area contributed by atoms with Crippen LogP contribution in [0.25, 0.3) is 0 Å². The van der Waals surface area contributed by atoms with Gasteiger partial charge in [-0.15, -0.1) is 10.2 Å². The Morgan fingerprint density at radius 1 is 1.22 bits per heavy atom. The van der Waals surface area contributed by atoms with E-state index in [4.69, 9.17) is 0 Å². The summed E-state index contributed by atoms with van der Waals surface area (Å²) in [5.41, 5.74) is 0.435. The number of benzene rings is 1. The van der Waals surface area contributed by atoms with Crippen molar-refractivity contribution in [3.05, 3.63) is 65.5 Å². The summed E-state index contributed by atoms with van der Waals surface area (Å²) in [6.07, 6.45) is -1.38. The Bertz CT molecular complexity index is 926. The van der Waals surface area contributed by atoms with Gasteiger partial charge in [0.2, 0.25) is 0 Å². The number of rotatable bonds is 6. The van der Waals surface area contributed by atoms with Crippen molar-refractivity contribution in [2.45, 2.75) is 24.0 Å². The average molecular weight is 397 g/mol. The van der Waals surface area contributed by atoms with Gasteiger partial charge in [0.05, 0.1) is 34.8 Å². The van der Waals surface area contributed by atoms with Gasteiger partial charge in [0.15, 0.2) is 0 Å². The van der Waals surface area contributed by atoms with E-state index < -0.39 is 11.7 Å². The van der Waals surface area contributed by atoms with Crippen LogP contribution in [-0.2, 0) is 26.2 Å². The van der Waals surface area contributed by atoms with Crippen LogP contribution in [0.15, 0.2) is 47.8 Å².